The van der Waals surface area contributed by atoms with Gasteiger partial charge < -0.3 is 15.4 Å². The van der Waals surface area contributed by atoms with Crippen molar-refractivity contribution >= 4 is 11.1 Å². The Balaban J connectivity index is 1.43. The number of nitrogens with zero attached hydrogens (tertiary/aromatic N) is 2. The Labute approximate surface area is 173 Å². The summed E-state index contributed by atoms with van der Waals surface area (Å²) in [5.74, 6) is -0.647. The highest BCUT2D eigenvalue weighted by Crippen LogP contribution is 2.37. The zero-order chi connectivity index (χ0) is 20.5. The summed E-state index contributed by atoms with van der Waals surface area (Å²) in [5, 5.41) is 6.65. The number of benzene rings is 1. The SMILES string of the molecule is Fc1cccc(F)c1C1=CCC2NC=C(c3cncc(O[C@@H]4CCCNC4)n3)C2=C1. The molecule has 5 nitrogen and oxygen atoms in total. The summed E-state index contributed by atoms with van der Waals surface area (Å²) in [4.78, 5) is 8.94. The zero-order valence-electron chi connectivity index (χ0n) is 16.4. The summed E-state index contributed by atoms with van der Waals surface area (Å²) < 4.78 is 34.6. The molecule has 5 rings (SSSR count). The van der Waals surface area contributed by atoms with E-state index in [0.717, 1.165) is 37.1 Å². The van der Waals surface area contributed by atoms with E-state index in [1.807, 2.05) is 18.4 Å². The predicted octanol–water partition coefficient (Wildman–Crippen LogP) is 3.61. The van der Waals surface area contributed by atoms with Gasteiger partial charge in [-0.15, -0.1) is 0 Å². The average molecular weight is 408 g/mol. The largest absolute Gasteiger partial charge is 0.472 e. The first-order chi connectivity index (χ1) is 14.7. The van der Waals surface area contributed by atoms with Crippen molar-refractivity contribution in [2.45, 2.75) is 31.4 Å². The fourth-order valence-electron chi connectivity index (χ4n) is 4.18. The summed E-state index contributed by atoms with van der Waals surface area (Å²) in [6.07, 6.45) is 11.7. The van der Waals surface area contributed by atoms with Crippen LogP contribution < -0.4 is 15.4 Å². The molecule has 1 fully saturated rings. The molecule has 0 saturated carbocycles. The molecule has 30 heavy (non-hydrogen) atoms. The summed E-state index contributed by atoms with van der Waals surface area (Å²) in [6, 6.07) is 3.98. The molecule has 3 aliphatic rings. The predicted molar refractivity (Wildman–Crippen MR) is 110 cm³/mol. The second-order valence-corrected chi connectivity index (χ2v) is 7.70. The van der Waals surface area contributed by atoms with Crippen LogP contribution in [0.25, 0.3) is 11.1 Å². The number of rotatable bonds is 4. The molecule has 0 radical (unpaired) electrons. The van der Waals surface area contributed by atoms with Crippen molar-refractivity contribution in [2.24, 2.45) is 0 Å². The van der Waals surface area contributed by atoms with Gasteiger partial charge in [0.15, 0.2) is 0 Å². The molecular formula is C23H22F2N4O. The highest BCUT2D eigenvalue weighted by atomic mass is 19.1. The van der Waals surface area contributed by atoms with Crippen molar-refractivity contribution in [3.05, 3.63) is 77.4 Å². The van der Waals surface area contributed by atoms with Crippen LogP contribution in [-0.4, -0.2) is 35.2 Å². The Morgan fingerprint density at radius 2 is 2.00 bits per heavy atom. The van der Waals surface area contributed by atoms with E-state index >= 15 is 0 Å². The van der Waals surface area contributed by atoms with E-state index in [9.17, 15) is 8.78 Å². The molecule has 7 heteroatoms. The lowest BCUT2D eigenvalue weighted by Gasteiger charge is -2.23. The molecule has 1 saturated heterocycles. The summed E-state index contributed by atoms with van der Waals surface area (Å²) >= 11 is 0. The molecule has 2 N–H and O–H groups in total. The Morgan fingerprint density at radius 1 is 1.13 bits per heavy atom. The van der Waals surface area contributed by atoms with Gasteiger partial charge in [-0.3, -0.25) is 4.98 Å². The number of allylic oxidation sites excluding steroid dienone is 2. The molecule has 0 spiro atoms. The van der Waals surface area contributed by atoms with Gasteiger partial charge in [-0.1, -0.05) is 12.1 Å². The fraction of sp³-hybridized carbons (Fsp3) is 0.304. The van der Waals surface area contributed by atoms with Gasteiger partial charge in [-0.25, -0.2) is 13.8 Å². The Hall–Kier alpha value is -3.06. The van der Waals surface area contributed by atoms with Crippen LogP contribution in [0.2, 0.25) is 0 Å². The van der Waals surface area contributed by atoms with Crippen LogP contribution in [0.5, 0.6) is 5.88 Å². The summed E-state index contributed by atoms with van der Waals surface area (Å²) in [6.45, 7) is 1.81. The minimum Gasteiger partial charge on any atom is -0.472 e. The van der Waals surface area contributed by atoms with E-state index in [1.165, 1.54) is 18.2 Å². The lowest BCUT2D eigenvalue weighted by molar-refractivity contribution is 0.159. The monoisotopic (exact) mass is 408 g/mol. The minimum absolute atomic E-state index is 0.00247. The topological polar surface area (TPSA) is 59.1 Å². The number of hydrogen-bond acceptors (Lipinski definition) is 5. The first-order valence-electron chi connectivity index (χ1n) is 10.2. The van der Waals surface area contributed by atoms with Crippen LogP contribution in [-0.2, 0) is 0 Å². The Kier molecular flexibility index (Phi) is 5.04. The lowest BCUT2D eigenvalue weighted by atomic mass is 9.88. The molecule has 1 aliphatic carbocycles. The average Bonchev–Trinajstić information content (AvgIpc) is 3.18. The van der Waals surface area contributed by atoms with Crippen molar-refractivity contribution in [1.29, 1.82) is 0 Å². The maximum absolute atomic E-state index is 14.3. The van der Waals surface area contributed by atoms with Gasteiger partial charge in [-0.05, 0) is 55.2 Å². The summed E-state index contributed by atoms with van der Waals surface area (Å²) in [7, 11) is 0. The van der Waals surface area contributed by atoms with Crippen molar-refractivity contribution in [1.82, 2.24) is 20.6 Å². The molecule has 0 amide bonds. The number of fused-ring (bicyclic) bond motifs is 1. The third-order valence-electron chi connectivity index (χ3n) is 5.68. The van der Waals surface area contributed by atoms with E-state index in [2.05, 4.69) is 20.6 Å². The van der Waals surface area contributed by atoms with Crippen LogP contribution in [0.4, 0.5) is 8.78 Å². The smallest absolute Gasteiger partial charge is 0.233 e. The molecule has 1 aromatic carbocycles. The Bertz CT molecular complexity index is 1040. The molecule has 2 aromatic rings. The maximum Gasteiger partial charge on any atom is 0.233 e. The van der Waals surface area contributed by atoms with Crippen LogP contribution in [0.15, 0.2) is 54.5 Å². The number of ether oxygens (including phenoxy) is 1. The quantitative estimate of drug-likeness (QED) is 0.810. The second-order valence-electron chi connectivity index (χ2n) is 7.70. The maximum atomic E-state index is 14.3. The normalized spacial score (nSPS) is 23.1. The van der Waals surface area contributed by atoms with Crippen molar-refractivity contribution < 1.29 is 13.5 Å². The van der Waals surface area contributed by atoms with Crippen LogP contribution >= 0.6 is 0 Å². The zero-order valence-corrected chi connectivity index (χ0v) is 16.4. The van der Waals surface area contributed by atoms with Crippen molar-refractivity contribution in [3.63, 3.8) is 0 Å². The van der Waals surface area contributed by atoms with Crippen molar-refractivity contribution in [3.8, 4) is 5.88 Å². The molecule has 154 valence electrons. The van der Waals surface area contributed by atoms with E-state index < -0.39 is 11.6 Å². The number of halogens is 2. The van der Waals surface area contributed by atoms with Gasteiger partial charge in [0.1, 0.15) is 17.7 Å². The first kappa shape index (κ1) is 18.9. The summed E-state index contributed by atoms with van der Waals surface area (Å²) in [5.41, 5.74) is 3.03. The number of aromatic nitrogens is 2. The van der Waals surface area contributed by atoms with Crippen LogP contribution in [0.3, 0.4) is 0 Å². The van der Waals surface area contributed by atoms with Gasteiger partial charge in [-0.2, -0.15) is 0 Å². The van der Waals surface area contributed by atoms with E-state index in [4.69, 9.17) is 4.74 Å². The van der Waals surface area contributed by atoms with E-state index in [-0.39, 0.29) is 17.7 Å². The van der Waals surface area contributed by atoms with Gasteiger partial charge in [0.05, 0.1) is 29.7 Å². The Morgan fingerprint density at radius 3 is 2.80 bits per heavy atom. The third-order valence-corrected chi connectivity index (χ3v) is 5.68. The number of piperidine rings is 1. The van der Waals surface area contributed by atoms with Crippen LogP contribution in [0, 0.1) is 11.6 Å². The highest BCUT2D eigenvalue weighted by Gasteiger charge is 2.29. The minimum atomic E-state index is -0.565. The lowest BCUT2D eigenvalue weighted by Crippen LogP contribution is -2.37. The number of nitrogens with one attached hydrogen (secondary N) is 2. The third kappa shape index (κ3) is 3.61. The van der Waals surface area contributed by atoms with Gasteiger partial charge in [0.2, 0.25) is 5.88 Å². The standard InChI is InChI=1S/C23H22F2N4O/c24-18-4-1-5-19(25)23(18)14-6-7-20-16(9-14)17(11-28-20)21-12-27-13-22(29-21)30-15-3-2-8-26-10-15/h1,4-6,9,11-13,15,20,26,28H,2-3,7-8,10H2/t15-,20?/m1/s1. The molecule has 1 aromatic heterocycles. The molecular weight excluding hydrogens is 386 g/mol. The van der Waals surface area contributed by atoms with Crippen LogP contribution in [0.1, 0.15) is 30.5 Å². The van der Waals surface area contributed by atoms with E-state index in [1.54, 1.807) is 12.4 Å². The first-order valence-corrected chi connectivity index (χ1v) is 10.2. The van der Waals surface area contributed by atoms with Gasteiger partial charge in [0.25, 0.3) is 0 Å². The molecule has 2 aliphatic heterocycles. The fourth-order valence-corrected chi connectivity index (χ4v) is 4.18. The number of hydrogen-bond donors (Lipinski definition) is 2. The van der Waals surface area contributed by atoms with Gasteiger partial charge >= 0.3 is 0 Å². The molecule has 0 bridgehead atoms. The van der Waals surface area contributed by atoms with Gasteiger partial charge in [0, 0.05) is 18.3 Å². The molecule has 2 atom stereocenters. The second kappa shape index (κ2) is 7.99. The van der Waals surface area contributed by atoms with Crippen molar-refractivity contribution in [2.75, 3.05) is 13.1 Å². The highest BCUT2D eigenvalue weighted by molar-refractivity contribution is 5.88. The molecule has 1 unspecified atom stereocenters. The molecule has 3 heterocycles. The van der Waals surface area contributed by atoms with E-state index in [0.29, 0.717) is 23.6 Å².